The smallest absolute Gasteiger partial charge is 0.418 e. The normalized spacial score (nSPS) is 17.2. The number of hydrogen-bond donors (Lipinski definition) is 2. The molecule has 2 aromatic carbocycles. The fourth-order valence-corrected chi connectivity index (χ4v) is 5.46. The molecular weight excluding hydrogens is 529 g/mol. The molecule has 40 heavy (non-hydrogen) atoms. The van der Waals surface area contributed by atoms with Crippen LogP contribution < -0.4 is 24.8 Å². The average molecular weight is 561 g/mol. The molecule has 0 spiro atoms. The van der Waals surface area contributed by atoms with Crippen molar-refractivity contribution in [2.45, 2.75) is 31.5 Å². The van der Waals surface area contributed by atoms with Crippen LogP contribution in [0.2, 0.25) is 0 Å². The first-order chi connectivity index (χ1) is 19.1. The van der Waals surface area contributed by atoms with Crippen LogP contribution in [0.5, 0.6) is 11.5 Å². The summed E-state index contributed by atoms with van der Waals surface area (Å²) in [5.74, 6) is 0.910. The van der Waals surface area contributed by atoms with Crippen LogP contribution >= 0.6 is 0 Å². The van der Waals surface area contributed by atoms with Gasteiger partial charge in [0.2, 0.25) is 0 Å². The Balaban J connectivity index is 1.81. The van der Waals surface area contributed by atoms with Crippen molar-refractivity contribution >= 4 is 11.4 Å². The molecule has 5 rings (SSSR count). The van der Waals surface area contributed by atoms with Crippen LogP contribution in [0.25, 0.3) is 16.9 Å². The quantitative estimate of drug-likeness (QED) is 0.455. The summed E-state index contributed by atoms with van der Waals surface area (Å²) in [6.45, 7) is 1.12. The van der Waals surface area contributed by atoms with E-state index in [0.29, 0.717) is 66.4 Å². The number of β-amino-alcohol motifs (C(OH)–C–C–N with tert-alkyl or cyclic N) is 2. The van der Waals surface area contributed by atoms with E-state index < -0.39 is 29.1 Å². The number of halogens is 3. The van der Waals surface area contributed by atoms with E-state index in [1.54, 1.807) is 28.0 Å². The Hall–Kier alpha value is -3.77. The van der Waals surface area contributed by atoms with Crippen LogP contribution in [-0.2, 0) is 12.6 Å². The van der Waals surface area contributed by atoms with E-state index in [9.17, 15) is 28.2 Å². The third kappa shape index (κ3) is 5.20. The number of aliphatic hydroxyl groups excluding tert-OH is 2. The predicted molar refractivity (Wildman–Crippen MR) is 144 cm³/mol. The highest BCUT2D eigenvalue weighted by Crippen LogP contribution is 2.39. The zero-order chi connectivity index (χ0) is 28.6. The van der Waals surface area contributed by atoms with Crippen molar-refractivity contribution in [1.82, 2.24) is 9.78 Å². The van der Waals surface area contributed by atoms with Gasteiger partial charge in [-0.1, -0.05) is 0 Å². The fraction of sp³-hybridized carbons (Fsp3) is 0.429. The Bertz CT molecular complexity index is 1440. The zero-order valence-corrected chi connectivity index (χ0v) is 22.2. The minimum atomic E-state index is -4.76. The number of benzene rings is 2. The molecule has 9 nitrogen and oxygen atoms in total. The van der Waals surface area contributed by atoms with Crippen molar-refractivity contribution < 1.29 is 32.9 Å². The van der Waals surface area contributed by atoms with Gasteiger partial charge >= 0.3 is 6.18 Å². The van der Waals surface area contributed by atoms with Gasteiger partial charge in [0.05, 0.1) is 43.9 Å². The van der Waals surface area contributed by atoms with Gasteiger partial charge in [0.25, 0.3) is 5.56 Å². The van der Waals surface area contributed by atoms with Gasteiger partial charge in [0, 0.05) is 49.1 Å². The largest absolute Gasteiger partial charge is 0.497 e. The number of methoxy groups -OCH3 is 2. The zero-order valence-electron chi connectivity index (χ0n) is 22.2. The summed E-state index contributed by atoms with van der Waals surface area (Å²) in [7, 11) is 2.98. The lowest BCUT2D eigenvalue weighted by Crippen LogP contribution is -2.40. The molecule has 1 aromatic heterocycles. The molecule has 1 saturated heterocycles. The number of hydrogen-bond acceptors (Lipinski definition) is 8. The van der Waals surface area contributed by atoms with E-state index >= 15 is 0 Å². The standard InChI is InChI=1S/C28H31F3N4O5/c1-39-20-12-17(13-21(15-20)40-2)25-22-4-3-8-33(10-11-36)26(22)27(38)35(32-25)24-14-18(34-9-7-19(37)16-34)5-6-23(24)28(29,30)31/h5-6,12-15,19,36-37H,3-4,7-11,16H2,1-2H3. The number of rotatable bonds is 7. The molecule has 0 bridgehead atoms. The van der Waals surface area contributed by atoms with E-state index in [4.69, 9.17) is 9.47 Å². The summed E-state index contributed by atoms with van der Waals surface area (Å²) >= 11 is 0. The van der Waals surface area contributed by atoms with Crippen molar-refractivity contribution in [1.29, 1.82) is 0 Å². The van der Waals surface area contributed by atoms with E-state index in [0.717, 1.165) is 10.7 Å². The van der Waals surface area contributed by atoms with E-state index in [1.807, 2.05) is 0 Å². The molecule has 0 aliphatic carbocycles. The minimum Gasteiger partial charge on any atom is -0.497 e. The highest BCUT2D eigenvalue weighted by molar-refractivity contribution is 5.74. The molecule has 0 radical (unpaired) electrons. The second kappa shape index (κ2) is 11.0. The number of ether oxygens (including phenoxy) is 2. The molecule has 1 fully saturated rings. The highest BCUT2D eigenvalue weighted by Gasteiger charge is 2.37. The molecule has 0 amide bonds. The van der Waals surface area contributed by atoms with Gasteiger partial charge in [0.1, 0.15) is 17.2 Å². The molecule has 2 aliphatic heterocycles. The summed E-state index contributed by atoms with van der Waals surface area (Å²) < 4.78 is 54.6. The monoisotopic (exact) mass is 560 g/mol. The Morgan fingerprint density at radius 3 is 2.40 bits per heavy atom. The maximum absolute atomic E-state index is 14.3. The summed E-state index contributed by atoms with van der Waals surface area (Å²) in [5.41, 5.74) is -0.0439. The second-order valence-electron chi connectivity index (χ2n) is 9.90. The molecule has 0 saturated carbocycles. The molecule has 3 heterocycles. The Kier molecular flexibility index (Phi) is 7.65. The van der Waals surface area contributed by atoms with Crippen molar-refractivity contribution in [3.05, 3.63) is 57.9 Å². The molecule has 214 valence electrons. The van der Waals surface area contributed by atoms with Crippen molar-refractivity contribution in [2.24, 2.45) is 0 Å². The third-order valence-corrected chi connectivity index (χ3v) is 7.38. The van der Waals surface area contributed by atoms with Crippen LogP contribution in [0.4, 0.5) is 24.5 Å². The second-order valence-corrected chi connectivity index (χ2v) is 9.90. The number of aromatic nitrogens is 2. The first kappa shape index (κ1) is 27.8. The SMILES string of the molecule is COc1cc(OC)cc(-c2nn(-c3cc(N4CCC(O)C4)ccc3C(F)(F)F)c(=O)c3c2CCCN3CCO)c1. The summed E-state index contributed by atoms with van der Waals surface area (Å²) in [6, 6.07) is 8.65. The first-order valence-corrected chi connectivity index (χ1v) is 13.0. The van der Waals surface area contributed by atoms with Crippen molar-refractivity contribution in [3.63, 3.8) is 0 Å². The van der Waals surface area contributed by atoms with E-state index in [-0.39, 0.29) is 25.4 Å². The maximum atomic E-state index is 14.3. The van der Waals surface area contributed by atoms with Gasteiger partial charge in [-0.3, -0.25) is 4.79 Å². The maximum Gasteiger partial charge on any atom is 0.418 e. The van der Waals surface area contributed by atoms with Gasteiger partial charge < -0.3 is 29.5 Å². The lowest BCUT2D eigenvalue weighted by molar-refractivity contribution is -0.137. The number of nitrogens with zero attached hydrogens (tertiary/aromatic N) is 4. The van der Waals surface area contributed by atoms with Crippen LogP contribution in [0.15, 0.2) is 41.2 Å². The van der Waals surface area contributed by atoms with E-state index in [1.165, 1.54) is 26.4 Å². The lowest BCUT2D eigenvalue weighted by atomic mass is 9.96. The Labute approximate surface area is 229 Å². The van der Waals surface area contributed by atoms with Crippen LogP contribution in [0.1, 0.15) is 24.0 Å². The van der Waals surface area contributed by atoms with Crippen LogP contribution in [0.3, 0.4) is 0 Å². The number of anilines is 2. The minimum absolute atomic E-state index is 0.144. The lowest BCUT2D eigenvalue weighted by Gasteiger charge is -2.32. The summed E-state index contributed by atoms with van der Waals surface area (Å²) in [4.78, 5) is 17.5. The predicted octanol–water partition coefficient (Wildman–Crippen LogP) is 3.25. The number of fused-ring (bicyclic) bond motifs is 1. The topological polar surface area (TPSA) is 100 Å². The molecule has 2 N–H and O–H groups in total. The van der Waals surface area contributed by atoms with Gasteiger partial charge in [-0.25, -0.2) is 0 Å². The average Bonchev–Trinajstić information content (AvgIpc) is 3.38. The first-order valence-electron chi connectivity index (χ1n) is 13.0. The van der Waals surface area contributed by atoms with Crippen molar-refractivity contribution in [3.8, 4) is 28.4 Å². The van der Waals surface area contributed by atoms with Gasteiger partial charge in [-0.05, 0) is 49.6 Å². The van der Waals surface area contributed by atoms with E-state index in [2.05, 4.69) is 5.10 Å². The molecule has 3 aromatic rings. The van der Waals surface area contributed by atoms with Crippen molar-refractivity contribution in [2.75, 3.05) is 56.8 Å². The third-order valence-electron chi connectivity index (χ3n) is 7.38. The molecule has 1 atom stereocenters. The number of aliphatic hydroxyl groups is 2. The van der Waals surface area contributed by atoms with Gasteiger partial charge in [-0.15, -0.1) is 0 Å². The Morgan fingerprint density at radius 1 is 1.07 bits per heavy atom. The summed E-state index contributed by atoms with van der Waals surface area (Å²) in [5, 5.41) is 24.3. The van der Waals surface area contributed by atoms with Gasteiger partial charge in [0.15, 0.2) is 0 Å². The Morgan fingerprint density at radius 2 is 1.80 bits per heavy atom. The van der Waals surface area contributed by atoms with Gasteiger partial charge in [-0.2, -0.15) is 23.0 Å². The fourth-order valence-electron chi connectivity index (χ4n) is 5.46. The molecule has 1 unspecified atom stereocenters. The molecule has 2 aliphatic rings. The molecular formula is C28H31F3N4O5. The number of alkyl halides is 3. The van der Waals surface area contributed by atoms with Crippen LogP contribution in [0, 0.1) is 0 Å². The summed E-state index contributed by atoms with van der Waals surface area (Å²) in [6.07, 6.45) is -3.71. The highest BCUT2D eigenvalue weighted by atomic mass is 19.4. The molecule has 12 heteroatoms. The van der Waals surface area contributed by atoms with Crippen LogP contribution in [-0.4, -0.2) is 73.1 Å².